The van der Waals surface area contributed by atoms with Crippen LogP contribution >= 0.6 is 34.3 Å². The van der Waals surface area contributed by atoms with Gasteiger partial charge in [-0.3, -0.25) is 4.79 Å². The highest BCUT2D eigenvalue weighted by molar-refractivity contribution is 7.13. The van der Waals surface area contributed by atoms with Crippen LogP contribution in [0, 0.1) is 0 Å². The molecule has 134 valence electrons. The Balaban J connectivity index is 1.56. The fourth-order valence-electron chi connectivity index (χ4n) is 2.16. The molecule has 3 rings (SSSR count). The largest absolute Gasteiger partial charge is 0.451 e. The van der Waals surface area contributed by atoms with Gasteiger partial charge in [0.05, 0.1) is 6.54 Å². The van der Waals surface area contributed by atoms with E-state index in [1.165, 1.54) is 16.2 Å². The molecule has 0 spiro atoms. The maximum absolute atomic E-state index is 12.1. The molecule has 0 saturated heterocycles. The highest BCUT2D eigenvalue weighted by atomic mass is 35.5. The summed E-state index contributed by atoms with van der Waals surface area (Å²) in [5.41, 5.74) is 1.01. The highest BCUT2D eigenvalue weighted by Gasteiger charge is 2.17. The van der Waals surface area contributed by atoms with Crippen LogP contribution in [0.1, 0.15) is 15.4 Å². The molecular weight excluding hydrogens is 392 g/mol. The Hall–Kier alpha value is -2.22. The van der Waals surface area contributed by atoms with E-state index in [-0.39, 0.29) is 18.2 Å². The van der Waals surface area contributed by atoms with Crippen LogP contribution < -0.4 is 0 Å². The zero-order chi connectivity index (χ0) is 18.5. The minimum atomic E-state index is -0.618. The van der Waals surface area contributed by atoms with Crippen LogP contribution in [0.4, 0.5) is 0 Å². The second kappa shape index (κ2) is 8.44. The van der Waals surface area contributed by atoms with Crippen molar-refractivity contribution in [3.8, 4) is 10.6 Å². The SMILES string of the molecule is CN(Cc1cccs1)C(=O)COC(=O)c1csc(-c2cccc(Cl)c2)n1. The Morgan fingerprint density at radius 3 is 2.81 bits per heavy atom. The van der Waals surface area contributed by atoms with E-state index in [2.05, 4.69) is 4.98 Å². The number of amides is 1. The van der Waals surface area contributed by atoms with E-state index in [9.17, 15) is 9.59 Å². The predicted molar refractivity (Wildman–Crippen MR) is 104 cm³/mol. The number of halogens is 1. The second-order valence-corrected chi connectivity index (χ2v) is 7.78. The van der Waals surface area contributed by atoms with Crippen molar-refractivity contribution in [2.45, 2.75) is 6.54 Å². The summed E-state index contributed by atoms with van der Waals surface area (Å²) in [5.74, 6) is -0.885. The predicted octanol–water partition coefficient (Wildman–Crippen LogP) is 4.34. The van der Waals surface area contributed by atoms with Gasteiger partial charge in [-0.15, -0.1) is 22.7 Å². The summed E-state index contributed by atoms with van der Waals surface area (Å²) in [7, 11) is 1.68. The van der Waals surface area contributed by atoms with E-state index >= 15 is 0 Å². The van der Waals surface area contributed by atoms with Crippen molar-refractivity contribution in [1.29, 1.82) is 0 Å². The topological polar surface area (TPSA) is 59.5 Å². The fraction of sp³-hybridized carbons (Fsp3) is 0.167. The molecule has 3 aromatic rings. The van der Waals surface area contributed by atoms with Gasteiger partial charge in [-0.1, -0.05) is 29.8 Å². The third-order valence-corrected chi connectivity index (χ3v) is 5.50. The molecule has 1 amide bonds. The average molecular weight is 407 g/mol. The minimum Gasteiger partial charge on any atom is -0.451 e. The van der Waals surface area contributed by atoms with E-state index in [4.69, 9.17) is 16.3 Å². The van der Waals surface area contributed by atoms with Crippen molar-refractivity contribution in [2.24, 2.45) is 0 Å². The Morgan fingerprint density at radius 2 is 2.08 bits per heavy atom. The first-order chi connectivity index (χ1) is 12.5. The molecule has 26 heavy (non-hydrogen) atoms. The Labute approximate surface area is 163 Å². The molecule has 0 fully saturated rings. The first kappa shape index (κ1) is 18.6. The number of thiophene rings is 1. The highest BCUT2D eigenvalue weighted by Crippen LogP contribution is 2.26. The number of thiazole rings is 1. The lowest BCUT2D eigenvalue weighted by atomic mass is 10.2. The number of hydrogen-bond acceptors (Lipinski definition) is 6. The van der Waals surface area contributed by atoms with Crippen molar-refractivity contribution < 1.29 is 14.3 Å². The van der Waals surface area contributed by atoms with Crippen LogP contribution in [0.5, 0.6) is 0 Å². The number of ether oxygens (including phenoxy) is 1. The average Bonchev–Trinajstić information content (AvgIpc) is 3.31. The van der Waals surface area contributed by atoms with Gasteiger partial charge in [0.15, 0.2) is 12.3 Å². The molecule has 8 heteroatoms. The van der Waals surface area contributed by atoms with Gasteiger partial charge < -0.3 is 9.64 Å². The van der Waals surface area contributed by atoms with Gasteiger partial charge in [0, 0.05) is 27.9 Å². The summed E-state index contributed by atoms with van der Waals surface area (Å²) in [6.45, 7) is 0.175. The van der Waals surface area contributed by atoms with E-state index in [1.54, 1.807) is 35.9 Å². The molecule has 0 aliphatic rings. The molecule has 0 aliphatic carbocycles. The summed E-state index contributed by atoms with van der Waals surface area (Å²) >= 11 is 8.86. The van der Waals surface area contributed by atoms with E-state index in [1.807, 2.05) is 29.6 Å². The monoisotopic (exact) mass is 406 g/mol. The lowest BCUT2D eigenvalue weighted by molar-refractivity contribution is -0.133. The van der Waals surface area contributed by atoms with Gasteiger partial charge in [-0.25, -0.2) is 9.78 Å². The quantitative estimate of drug-likeness (QED) is 0.571. The van der Waals surface area contributed by atoms with Crippen molar-refractivity contribution >= 4 is 46.2 Å². The molecule has 2 heterocycles. The number of hydrogen-bond donors (Lipinski definition) is 0. The third-order valence-electron chi connectivity index (χ3n) is 3.51. The van der Waals surface area contributed by atoms with Crippen LogP contribution in [0.25, 0.3) is 10.6 Å². The standard InChI is InChI=1S/C18H15ClN2O3S2/c1-21(9-14-6-3-7-25-14)16(22)10-24-18(23)15-11-26-17(20-15)12-4-2-5-13(19)8-12/h2-8,11H,9-10H2,1H3. The van der Waals surface area contributed by atoms with E-state index < -0.39 is 5.97 Å². The normalized spacial score (nSPS) is 10.5. The van der Waals surface area contributed by atoms with Crippen LogP contribution in [0.15, 0.2) is 47.2 Å². The first-order valence-electron chi connectivity index (χ1n) is 7.68. The first-order valence-corrected chi connectivity index (χ1v) is 9.81. The van der Waals surface area contributed by atoms with Crippen LogP contribution in [0.2, 0.25) is 5.02 Å². The number of benzene rings is 1. The number of carbonyl (C=O) groups is 2. The second-order valence-electron chi connectivity index (χ2n) is 5.45. The lowest BCUT2D eigenvalue weighted by Gasteiger charge is -2.15. The van der Waals surface area contributed by atoms with Crippen molar-refractivity contribution in [2.75, 3.05) is 13.7 Å². The minimum absolute atomic E-state index is 0.179. The maximum atomic E-state index is 12.1. The number of likely N-dealkylation sites (N-methyl/N-ethyl adjacent to an activating group) is 1. The molecule has 1 aromatic carbocycles. The summed E-state index contributed by atoms with van der Waals surface area (Å²) < 4.78 is 5.09. The smallest absolute Gasteiger partial charge is 0.358 e. The molecule has 2 aromatic heterocycles. The van der Waals surface area contributed by atoms with Crippen LogP contribution in [-0.2, 0) is 16.1 Å². The van der Waals surface area contributed by atoms with Crippen molar-refractivity contribution in [3.63, 3.8) is 0 Å². The molecule has 0 N–H and O–H groups in total. The van der Waals surface area contributed by atoms with Gasteiger partial charge in [0.25, 0.3) is 5.91 Å². The summed E-state index contributed by atoms with van der Waals surface area (Å²) in [4.78, 5) is 31.1. The fourth-order valence-corrected chi connectivity index (χ4v) is 3.89. The number of aromatic nitrogens is 1. The summed E-state index contributed by atoms with van der Waals surface area (Å²) in [6.07, 6.45) is 0. The molecule has 0 radical (unpaired) electrons. The maximum Gasteiger partial charge on any atom is 0.358 e. The molecule has 0 unspecified atom stereocenters. The number of esters is 1. The number of rotatable bonds is 6. The van der Waals surface area contributed by atoms with Crippen molar-refractivity contribution in [3.05, 3.63) is 62.8 Å². The lowest BCUT2D eigenvalue weighted by Crippen LogP contribution is -2.30. The van der Waals surface area contributed by atoms with Crippen molar-refractivity contribution in [1.82, 2.24) is 9.88 Å². The van der Waals surface area contributed by atoms with Gasteiger partial charge in [-0.2, -0.15) is 0 Å². The van der Waals surface area contributed by atoms with Gasteiger partial charge >= 0.3 is 5.97 Å². The number of nitrogens with zero attached hydrogens (tertiary/aromatic N) is 2. The summed E-state index contributed by atoms with van der Waals surface area (Å²) in [6, 6.07) is 11.1. The molecule has 0 bridgehead atoms. The Bertz CT molecular complexity index is 909. The van der Waals surface area contributed by atoms with E-state index in [0.717, 1.165) is 10.4 Å². The van der Waals surface area contributed by atoms with Gasteiger partial charge in [0.2, 0.25) is 0 Å². The Morgan fingerprint density at radius 1 is 1.23 bits per heavy atom. The molecule has 0 saturated carbocycles. The summed E-state index contributed by atoms with van der Waals surface area (Å²) in [5, 5.41) is 4.83. The van der Waals surface area contributed by atoms with Crippen LogP contribution in [0.3, 0.4) is 0 Å². The number of carbonyl (C=O) groups excluding carboxylic acids is 2. The van der Waals surface area contributed by atoms with Gasteiger partial charge in [-0.05, 0) is 23.6 Å². The zero-order valence-electron chi connectivity index (χ0n) is 13.8. The van der Waals surface area contributed by atoms with Crippen LogP contribution in [-0.4, -0.2) is 35.4 Å². The zero-order valence-corrected chi connectivity index (χ0v) is 16.2. The molecular formula is C18H15ClN2O3S2. The third kappa shape index (κ3) is 4.69. The molecule has 0 aliphatic heterocycles. The Kier molecular flexibility index (Phi) is 6.03. The molecule has 5 nitrogen and oxygen atoms in total. The van der Waals surface area contributed by atoms with Gasteiger partial charge in [0.1, 0.15) is 5.01 Å². The van der Waals surface area contributed by atoms with E-state index in [0.29, 0.717) is 16.6 Å². The molecule has 0 atom stereocenters.